The molecule has 92 valence electrons. The lowest BCUT2D eigenvalue weighted by Gasteiger charge is -2.14. The average molecular weight is 264 g/mol. The molecule has 1 aromatic carbocycles. The first kappa shape index (κ1) is 14.9. The van der Waals surface area contributed by atoms with Crippen molar-refractivity contribution < 1.29 is 27.1 Å². The van der Waals surface area contributed by atoms with Crippen LogP contribution >= 0.6 is 12.4 Å². The minimum absolute atomic E-state index is 0. The monoisotopic (exact) mass is 263 g/mol. The van der Waals surface area contributed by atoms with Crippen LogP contribution in [0.4, 0.5) is 22.0 Å². The first-order chi connectivity index (χ1) is 6.86. The fraction of sp³-hybridized carbons (Fsp3) is 0.250. The highest BCUT2D eigenvalue weighted by atomic mass is 35.5. The van der Waals surface area contributed by atoms with Crippen molar-refractivity contribution in [2.45, 2.75) is 12.5 Å². The Kier molecular flexibility index (Phi) is 4.95. The van der Waals surface area contributed by atoms with Gasteiger partial charge in [0.15, 0.2) is 17.5 Å². The van der Waals surface area contributed by atoms with Gasteiger partial charge >= 0.3 is 0 Å². The molecule has 0 heterocycles. The van der Waals surface area contributed by atoms with Gasteiger partial charge in [-0.05, 0) is 0 Å². The van der Waals surface area contributed by atoms with E-state index in [9.17, 15) is 22.0 Å². The zero-order valence-corrected chi connectivity index (χ0v) is 8.37. The number of hydrogen-bond acceptors (Lipinski definition) is 2. The highest BCUT2D eigenvalue weighted by molar-refractivity contribution is 5.85. The van der Waals surface area contributed by atoms with Gasteiger partial charge in [-0.3, -0.25) is 0 Å². The summed E-state index contributed by atoms with van der Waals surface area (Å²) in [5, 5.41) is 8.96. The van der Waals surface area contributed by atoms with E-state index in [1.165, 1.54) is 0 Å². The minimum Gasteiger partial charge on any atom is -0.507 e. The third-order valence-corrected chi connectivity index (χ3v) is 1.78. The van der Waals surface area contributed by atoms with E-state index in [0.717, 1.165) is 0 Å². The summed E-state index contributed by atoms with van der Waals surface area (Å²) in [5.41, 5.74) is 3.68. The van der Waals surface area contributed by atoms with Crippen molar-refractivity contribution in [3.05, 3.63) is 29.1 Å². The largest absolute Gasteiger partial charge is 0.507 e. The molecule has 0 aliphatic rings. The Labute approximate surface area is 93.3 Å². The molecule has 0 unspecified atom stereocenters. The molecule has 0 bridgehead atoms. The standard InChI is InChI=1S/C8H6F5NO.ClH/c9-2-1-3(15)4(6(11)5(2)10)7(14)8(12)13;/h1,7-8,15H,14H2;1H/t7-;/m0./s1. The predicted molar refractivity (Wildman–Crippen MR) is 48.2 cm³/mol. The summed E-state index contributed by atoms with van der Waals surface area (Å²) in [6.07, 6.45) is -3.20. The molecule has 0 amide bonds. The van der Waals surface area contributed by atoms with Crippen molar-refractivity contribution in [3.8, 4) is 5.75 Å². The van der Waals surface area contributed by atoms with Crippen LogP contribution in [0.15, 0.2) is 6.07 Å². The summed E-state index contributed by atoms with van der Waals surface area (Å²) in [4.78, 5) is 0. The maximum absolute atomic E-state index is 12.9. The molecule has 8 heteroatoms. The number of phenolic OH excluding ortho intramolecular Hbond substituents is 1. The first-order valence-corrected chi connectivity index (χ1v) is 3.76. The molecule has 0 radical (unpaired) electrons. The maximum Gasteiger partial charge on any atom is 0.257 e. The third-order valence-electron chi connectivity index (χ3n) is 1.78. The molecule has 0 aliphatic heterocycles. The van der Waals surface area contributed by atoms with Crippen molar-refractivity contribution in [2.75, 3.05) is 0 Å². The molecule has 0 fully saturated rings. The molecule has 0 aromatic heterocycles. The van der Waals surface area contributed by atoms with E-state index < -0.39 is 41.2 Å². The first-order valence-electron chi connectivity index (χ1n) is 3.76. The highest BCUT2D eigenvalue weighted by Gasteiger charge is 2.28. The lowest BCUT2D eigenvalue weighted by molar-refractivity contribution is 0.113. The Morgan fingerprint density at radius 1 is 1.12 bits per heavy atom. The van der Waals surface area contributed by atoms with Crippen molar-refractivity contribution >= 4 is 12.4 Å². The second-order valence-electron chi connectivity index (χ2n) is 2.78. The molecule has 0 saturated carbocycles. The fourth-order valence-electron chi connectivity index (χ4n) is 1.04. The molecule has 0 spiro atoms. The number of rotatable bonds is 2. The second kappa shape index (κ2) is 5.31. The lowest BCUT2D eigenvalue weighted by atomic mass is 10.1. The van der Waals surface area contributed by atoms with E-state index in [-0.39, 0.29) is 18.5 Å². The summed E-state index contributed by atoms with van der Waals surface area (Å²) in [6, 6.07) is -2.02. The van der Waals surface area contributed by atoms with Crippen LogP contribution in [-0.4, -0.2) is 11.5 Å². The van der Waals surface area contributed by atoms with Gasteiger partial charge in [0.1, 0.15) is 5.75 Å². The quantitative estimate of drug-likeness (QED) is 0.636. The van der Waals surface area contributed by atoms with E-state index in [0.29, 0.717) is 0 Å². The van der Waals surface area contributed by atoms with Crippen molar-refractivity contribution in [1.82, 2.24) is 0 Å². The third kappa shape index (κ3) is 2.53. The van der Waals surface area contributed by atoms with Gasteiger partial charge in [-0.2, -0.15) is 0 Å². The van der Waals surface area contributed by atoms with Gasteiger partial charge in [-0.25, -0.2) is 22.0 Å². The van der Waals surface area contributed by atoms with Gasteiger partial charge in [0.2, 0.25) is 0 Å². The number of benzene rings is 1. The minimum atomic E-state index is -3.20. The van der Waals surface area contributed by atoms with E-state index in [2.05, 4.69) is 0 Å². The molecule has 1 aromatic rings. The molecule has 0 saturated heterocycles. The van der Waals surface area contributed by atoms with Crippen LogP contribution in [0.5, 0.6) is 5.75 Å². The molecular weight excluding hydrogens is 257 g/mol. The summed E-state index contributed by atoms with van der Waals surface area (Å²) < 4.78 is 62.2. The average Bonchev–Trinajstić information content (AvgIpc) is 2.14. The second-order valence-corrected chi connectivity index (χ2v) is 2.78. The Hall–Kier alpha value is -1.08. The van der Waals surface area contributed by atoms with Crippen LogP contribution in [0.1, 0.15) is 11.6 Å². The maximum atomic E-state index is 12.9. The van der Waals surface area contributed by atoms with Crippen LogP contribution in [0, 0.1) is 17.5 Å². The van der Waals surface area contributed by atoms with Gasteiger partial charge in [0, 0.05) is 6.07 Å². The van der Waals surface area contributed by atoms with Gasteiger partial charge < -0.3 is 10.8 Å². The Balaban J connectivity index is 0.00000225. The van der Waals surface area contributed by atoms with Crippen LogP contribution in [0.3, 0.4) is 0 Å². The zero-order chi connectivity index (χ0) is 11.7. The highest BCUT2D eigenvalue weighted by Crippen LogP contribution is 2.31. The summed E-state index contributed by atoms with van der Waals surface area (Å²) in [7, 11) is 0. The van der Waals surface area contributed by atoms with Gasteiger partial charge in [-0.15, -0.1) is 12.4 Å². The van der Waals surface area contributed by atoms with E-state index in [4.69, 9.17) is 10.8 Å². The van der Waals surface area contributed by atoms with Crippen LogP contribution in [0.2, 0.25) is 0 Å². The Morgan fingerprint density at radius 2 is 1.62 bits per heavy atom. The van der Waals surface area contributed by atoms with Gasteiger partial charge in [0.05, 0.1) is 11.6 Å². The Bertz CT molecular complexity index is 387. The van der Waals surface area contributed by atoms with Crippen molar-refractivity contribution in [1.29, 1.82) is 0 Å². The molecule has 2 nitrogen and oxygen atoms in total. The smallest absolute Gasteiger partial charge is 0.257 e. The van der Waals surface area contributed by atoms with Crippen molar-refractivity contribution in [3.63, 3.8) is 0 Å². The molecule has 3 N–H and O–H groups in total. The topological polar surface area (TPSA) is 46.2 Å². The molecule has 1 rings (SSSR count). The predicted octanol–water partition coefficient (Wildman–Crippen LogP) is 2.50. The van der Waals surface area contributed by atoms with E-state index >= 15 is 0 Å². The summed E-state index contributed by atoms with van der Waals surface area (Å²) >= 11 is 0. The molecule has 16 heavy (non-hydrogen) atoms. The van der Waals surface area contributed by atoms with Gasteiger partial charge in [0.25, 0.3) is 6.43 Å². The molecular formula is C8H7ClF5NO. The fourth-order valence-corrected chi connectivity index (χ4v) is 1.04. The van der Waals surface area contributed by atoms with E-state index in [1.54, 1.807) is 0 Å². The van der Waals surface area contributed by atoms with Crippen molar-refractivity contribution in [2.24, 2.45) is 5.73 Å². The molecule has 0 aliphatic carbocycles. The van der Waals surface area contributed by atoms with E-state index in [1.807, 2.05) is 0 Å². The number of phenols is 1. The number of hydrogen-bond donors (Lipinski definition) is 2. The molecule has 1 atom stereocenters. The lowest BCUT2D eigenvalue weighted by Crippen LogP contribution is -2.21. The summed E-state index contributed by atoms with van der Waals surface area (Å²) in [5.74, 6) is -6.66. The van der Waals surface area contributed by atoms with Crippen LogP contribution in [-0.2, 0) is 0 Å². The zero-order valence-electron chi connectivity index (χ0n) is 7.55. The van der Waals surface area contributed by atoms with Crippen LogP contribution < -0.4 is 5.73 Å². The normalized spacial score (nSPS) is 12.4. The number of alkyl halides is 2. The SMILES string of the molecule is Cl.N[C@@H](c1c(O)cc(F)c(F)c1F)C(F)F. The summed E-state index contributed by atoms with van der Waals surface area (Å²) in [6.45, 7) is 0. The number of halogens is 6. The van der Waals surface area contributed by atoms with Crippen LogP contribution in [0.25, 0.3) is 0 Å². The number of aromatic hydroxyl groups is 1. The van der Waals surface area contributed by atoms with Gasteiger partial charge in [-0.1, -0.05) is 0 Å². The number of nitrogens with two attached hydrogens (primary N) is 1. The Morgan fingerprint density at radius 3 is 2.06 bits per heavy atom.